The number of tetrazole rings is 1. The molecular formula is C20H21N5O3S. The predicted octanol–water partition coefficient (Wildman–Crippen LogP) is 2.42. The first-order chi connectivity index (χ1) is 14.0. The molecule has 0 aliphatic heterocycles. The van der Waals surface area contributed by atoms with Crippen LogP contribution in [-0.4, -0.2) is 53.0 Å². The molecule has 0 spiro atoms. The Hall–Kier alpha value is -2.88. The molecule has 0 aliphatic rings. The third kappa shape index (κ3) is 3.59. The molecule has 2 aromatic heterocycles. The number of sulfonamides is 1. The van der Waals surface area contributed by atoms with Gasteiger partial charge in [-0.1, -0.05) is 36.4 Å². The van der Waals surface area contributed by atoms with Gasteiger partial charge in [-0.15, -0.1) is 5.10 Å². The molecule has 0 unspecified atom stereocenters. The van der Waals surface area contributed by atoms with Crippen LogP contribution in [0.25, 0.3) is 16.6 Å². The molecule has 150 valence electrons. The third-order valence-electron chi connectivity index (χ3n) is 4.84. The molecular weight excluding hydrogens is 390 g/mol. The van der Waals surface area contributed by atoms with Gasteiger partial charge in [0.1, 0.15) is 0 Å². The van der Waals surface area contributed by atoms with Gasteiger partial charge in [0.15, 0.2) is 5.65 Å². The average molecular weight is 411 g/mol. The molecule has 0 saturated carbocycles. The van der Waals surface area contributed by atoms with E-state index in [-0.39, 0.29) is 24.6 Å². The summed E-state index contributed by atoms with van der Waals surface area (Å²) in [6.45, 7) is 2.62. The van der Waals surface area contributed by atoms with E-state index in [9.17, 15) is 8.42 Å². The van der Waals surface area contributed by atoms with Crippen molar-refractivity contribution in [2.45, 2.75) is 18.4 Å². The quantitative estimate of drug-likeness (QED) is 0.464. The minimum absolute atomic E-state index is 0.133. The number of rotatable bonds is 7. The molecule has 0 amide bonds. The lowest BCUT2D eigenvalue weighted by Crippen LogP contribution is -2.33. The molecule has 29 heavy (non-hydrogen) atoms. The van der Waals surface area contributed by atoms with Gasteiger partial charge in [-0.05, 0) is 41.1 Å². The monoisotopic (exact) mass is 411 g/mol. The van der Waals surface area contributed by atoms with Crippen molar-refractivity contribution < 1.29 is 13.2 Å². The van der Waals surface area contributed by atoms with Gasteiger partial charge >= 0.3 is 0 Å². The molecule has 0 aliphatic carbocycles. The molecule has 9 heteroatoms. The fraction of sp³-hybridized carbons (Fsp3) is 0.250. The topological polar surface area (TPSA) is 89.7 Å². The van der Waals surface area contributed by atoms with E-state index in [1.807, 2.05) is 31.2 Å². The Morgan fingerprint density at radius 1 is 1.10 bits per heavy atom. The van der Waals surface area contributed by atoms with E-state index < -0.39 is 10.0 Å². The van der Waals surface area contributed by atoms with Crippen LogP contribution in [0.2, 0.25) is 0 Å². The van der Waals surface area contributed by atoms with Crippen molar-refractivity contribution in [3.63, 3.8) is 0 Å². The Balaban J connectivity index is 1.82. The number of methoxy groups -OCH3 is 1. The van der Waals surface area contributed by atoms with Crippen LogP contribution >= 0.6 is 0 Å². The van der Waals surface area contributed by atoms with Crippen LogP contribution in [0.15, 0.2) is 59.5 Å². The lowest BCUT2D eigenvalue weighted by atomic mass is 10.1. The summed E-state index contributed by atoms with van der Waals surface area (Å²) in [6.07, 6.45) is 0. The van der Waals surface area contributed by atoms with Crippen molar-refractivity contribution in [1.82, 2.24) is 24.3 Å². The molecule has 0 radical (unpaired) electrons. The van der Waals surface area contributed by atoms with Crippen LogP contribution in [-0.2, 0) is 21.3 Å². The van der Waals surface area contributed by atoms with Crippen LogP contribution < -0.4 is 0 Å². The van der Waals surface area contributed by atoms with Gasteiger partial charge in [-0.2, -0.15) is 8.82 Å². The van der Waals surface area contributed by atoms with Gasteiger partial charge in [-0.25, -0.2) is 8.42 Å². The Bertz CT molecular complexity index is 1260. The third-order valence-corrected chi connectivity index (χ3v) is 6.70. The van der Waals surface area contributed by atoms with Crippen molar-refractivity contribution in [3.8, 4) is 0 Å². The van der Waals surface area contributed by atoms with Gasteiger partial charge in [0.05, 0.1) is 17.0 Å². The van der Waals surface area contributed by atoms with Gasteiger partial charge in [-0.3, -0.25) is 0 Å². The highest BCUT2D eigenvalue weighted by molar-refractivity contribution is 7.89. The first-order valence-electron chi connectivity index (χ1n) is 9.16. The summed E-state index contributed by atoms with van der Waals surface area (Å²) < 4.78 is 34.7. The highest BCUT2D eigenvalue weighted by Gasteiger charge is 2.26. The standard InChI is InChI=1S/C20H21N5O3S/c1-15-7-6-8-16-13-17(20-21-22-23-25(20)19(15)16)14-24(11-12-28-2)29(26,27)18-9-4-3-5-10-18/h3-10,13H,11-12,14H2,1-2H3. The zero-order chi connectivity index (χ0) is 20.4. The molecule has 4 rings (SSSR count). The molecule has 0 N–H and O–H groups in total. The Morgan fingerprint density at radius 2 is 1.90 bits per heavy atom. The lowest BCUT2D eigenvalue weighted by Gasteiger charge is -2.22. The van der Waals surface area contributed by atoms with E-state index in [0.29, 0.717) is 5.65 Å². The molecule has 2 heterocycles. The Kier molecular flexibility index (Phi) is 5.27. The van der Waals surface area contributed by atoms with Gasteiger partial charge < -0.3 is 4.74 Å². The predicted molar refractivity (Wildman–Crippen MR) is 109 cm³/mol. The maximum atomic E-state index is 13.2. The summed E-state index contributed by atoms with van der Waals surface area (Å²) in [5.74, 6) is 0. The van der Waals surface area contributed by atoms with E-state index in [2.05, 4.69) is 15.5 Å². The number of pyridine rings is 1. The maximum absolute atomic E-state index is 13.2. The number of nitrogens with zero attached hydrogens (tertiary/aromatic N) is 5. The second-order valence-electron chi connectivity index (χ2n) is 6.74. The summed E-state index contributed by atoms with van der Waals surface area (Å²) in [7, 11) is -2.16. The molecule has 0 bridgehead atoms. The van der Waals surface area contributed by atoms with Gasteiger partial charge in [0, 0.05) is 31.1 Å². The number of hydrogen-bond donors (Lipinski definition) is 0. The largest absolute Gasteiger partial charge is 0.383 e. The number of benzene rings is 2. The zero-order valence-electron chi connectivity index (χ0n) is 16.2. The normalized spacial score (nSPS) is 12.2. The number of fused-ring (bicyclic) bond motifs is 3. The second-order valence-corrected chi connectivity index (χ2v) is 8.68. The zero-order valence-corrected chi connectivity index (χ0v) is 17.0. The molecule has 4 aromatic rings. The number of hydrogen-bond acceptors (Lipinski definition) is 6. The molecule has 0 fully saturated rings. The first kappa shape index (κ1) is 19.4. The summed E-state index contributed by atoms with van der Waals surface area (Å²) in [6, 6.07) is 16.3. The van der Waals surface area contributed by atoms with E-state index in [1.54, 1.807) is 42.0 Å². The Morgan fingerprint density at radius 3 is 2.66 bits per heavy atom. The molecule has 0 saturated heterocycles. The van der Waals surface area contributed by atoms with Crippen LogP contribution in [0.5, 0.6) is 0 Å². The summed E-state index contributed by atoms with van der Waals surface area (Å²) in [5.41, 5.74) is 3.21. The molecule has 2 aromatic carbocycles. The smallest absolute Gasteiger partial charge is 0.243 e. The number of para-hydroxylation sites is 1. The first-order valence-corrected chi connectivity index (χ1v) is 10.6. The van der Waals surface area contributed by atoms with Crippen molar-refractivity contribution in [1.29, 1.82) is 0 Å². The minimum Gasteiger partial charge on any atom is -0.383 e. The lowest BCUT2D eigenvalue weighted by molar-refractivity contribution is 0.177. The van der Waals surface area contributed by atoms with Crippen molar-refractivity contribution in [2.24, 2.45) is 0 Å². The number of aromatic nitrogens is 4. The SMILES string of the molecule is COCCN(Cc1cc2cccc(C)c2n2nnnc12)S(=O)(=O)c1ccccc1. The molecule has 0 atom stereocenters. The highest BCUT2D eigenvalue weighted by atomic mass is 32.2. The van der Waals surface area contributed by atoms with Crippen molar-refractivity contribution in [2.75, 3.05) is 20.3 Å². The minimum atomic E-state index is -3.71. The van der Waals surface area contributed by atoms with Crippen LogP contribution in [0.3, 0.4) is 0 Å². The maximum Gasteiger partial charge on any atom is 0.243 e. The second kappa shape index (κ2) is 7.86. The summed E-state index contributed by atoms with van der Waals surface area (Å²) in [4.78, 5) is 0.239. The fourth-order valence-corrected chi connectivity index (χ4v) is 4.83. The van der Waals surface area contributed by atoms with Gasteiger partial charge in [0.2, 0.25) is 10.0 Å². The van der Waals surface area contributed by atoms with Crippen LogP contribution in [0.1, 0.15) is 11.1 Å². The number of aryl methyl sites for hydroxylation is 1. The highest BCUT2D eigenvalue weighted by Crippen LogP contribution is 2.25. The van der Waals surface area contributed by atoms with E-state index >= 15 is 0 Å². The van der Waals surface area contributed by atoms with Crippen molar-refractivity contribution in [3.05, 3.63) is 65.7 Å². The average Bonchev–Trinajstić information content (AvgIpc) is 3.21. The van der Waals surface area contributed by atoms with Crippen molar-refractivity contribution >= 4 is 26.6 Å². The Labute approximate surface area is 168 Å². The van der Waals surface area contributed by atoms with Crippen LogP contribution in [0, 0.1) is 6.92 Å². The fourth-order valence-electron chi connectivity index (χ4n) is 3.40. The molecule has 8 nitrogen and oxygen atoms in total. The van der Waals surface area contributed by atoms with Crippen LogP contribution in [0.4, 0.5) is 0 Å². The summed E-state index contributed by atoms with van der Waals surface area (Å²) in [5, 5.41) is 13.0. The van der Waals surface area contributed by atoms with E-state index in [1.165, 1.54) is 4.31 Å². The van der Waals surface area contributed by atoms with Gasteiger partial charge in [0.25, 0.3) is 0 Å². The van der Waals surface area contributed by atoms with E-state index in [0.717, 1.165) is 22.0 Å². The van der Waals surface area contributed by atoms with E-state index in [4.69, 9.17) is 4.74 Å². The summed E-state index contributed by atoms with van der Waals surface area (Å²) >= 11 is 0. The number of ether oxygens (including phenoxy) is 1.